The molecule has 0 bridgehead atoms. The Hall–Kier alpha value is -1.04. The number of alkyl halides is 2. The molecule has 0 unspecified atom stereocenters. The van der Waals surface area contributed by atoms with Crippen molar-refractivity contribution in [3.8, 4) is 0 Å². The van der Waals surface area contributed by atoms with Gasteiger partial charge in [-0.1, -0.05) is 23.9 Å². The van der Waals surface area contributed by atoms with Crippen molar-refractivity contribution in [2.24, 2.45) is 0 Å². The van der Waals surface area contributed by atoms with E-state index in [0.717, 1.165) is 11.4 Å². The van der Waals surface area contributed by atoms with E-state index in [1.165, 1.54) is 0 Å². The quantitative estimate of drug-likeness (QED) is 0.652. The van der Waals surface area contributed by atoms with Crippen LogP contribution in [0.5, 0.6) is 0 Å². The molecule has 0 saturated carbocycles. The Bertz CT molecular complexity index is 522. The summed E-state index contributed by atoms with van der Waals surface area (Å²) in [5, 5.41) is 16.1. The second-order valence-corrected chi connectivity index (χ2v) is 6.12. The molecule has 0 fully saturated rings. The van der Waals surface area contributed by atoms with Crippen LogP contribution in [0.2, 0.25) is 0 Å². The highest BCUT2D eigenvalue weighted by Crippen LogP contribution is 2.06. The van der Waals surface area contributed by atoms with Gasteiger partial charge in [0, 0.05) is 23.8 Å². The van der Waals surface area contributed by atoms with Crippen LogP contribution in [-0.2, 0) is 0 Å². The predicted molar refractivity (Wildman–Crippen MR) is 98.8 cm³/mol. The van der Waals surface area contributed by atoms with Gasteiger partial charge >= 0.3 is 0 Å². The third kappa shape index (κ3) is 8.39. The van der Waals surface area contributed by atoms with Crippen molar-refractivity contribution in [2.45, 2.75) is 46.7 Å². The molecule has 2 rings (SSSR count). The SMILES string of the molecule is CCN(C(C)C)C(C)C.ClCCCl.On1nnc2ccccc21. The Kier molecular flexibility index (Phi) is 11.8. The molecule has 132 valence electrons. The lowest BCUT2D eigenvalue weighted by atomic mass is 10.2. The van der Waals surface area contributed by atoms with Gasteiger partial charge in [-0.25, -0.2) is 0 Å². The molecule has 1 heterocycles. The molecule has 0 aliphatic carbocycles. The van der Waals surface area contributed by atoms with E-state index in [2.05, 4.69) is 49.8 Å². The Morgan fingerprint density at radius 3 is 1.96 bits per heavy atom. The minimum atomic E-state index is 0.557. The van der Waals surface area contributed by atoms with Gasteiger partial charge in [-0.3, -0.25) is 4.90 Å². The molecule has 1 N–H and O–H groups in total. The lowest BCUT2D eigenvalue weighted by Crippen LogP contribution is -2.36. The summed E-state index contributed by atoms with van der Waals surface area (Å²) >= 11 is 10.1. The van der Waals surface area contributed by atoms with Gasteiger partial charge in [-0.05, 0) is 51.6 Å². The highest BCUT2D eigenvalue weighted by Gasteiger charge is 2.09. The third-order valence-corrected chi connectivity index (χ3v) is 3.67. The molecule has 7 heteroatoms. The minimum absolute atomic E-state index is 0.557. The predicted octanol–water partition coefficient (Wildman–Crippen LogP) is 4.26. The van der Waals surface area contributed by atoms with Crippen molar-refractivity contribution in [3.63, 3.8) is 0 Å². The highest BCUT2D eigenvalue weighted by molar-refractivity contribution is 6.25. The maximum atomic E-state index is 8.95. The van der Waals surface area contributed by atoms with E-state index in [1.807, 2.05) is 12.1 Å². The van der Waals surface area contributed by atoms with Gasteiger partial charge in [0.1, 0.15) is 11.0 Å². The average Bonchev–Trinajstić information content (AvgIpc) is 2.90. The summed E-state index contributed by atoms with van der Waals surface area (Å²) in [5.41, 5.74) is 1.33. The molecular formula is C16H28Cl2N4O. The molecule has 0 atom stereocenters. The van der Waals surface area contributed by atoms with Crippen molar-refractivity contribution in [1.82, 2.24) is 20.1 Å². The summed E-state index contributed by atoms with van der Waals surface area (Å²) in [4.78, 5) is 3.22. The van der Waals surface area contributed by atoms with Crippen LogP contribution in [0.1, 0.15) is 34.6 Å². The van der Waals surface area contributed by atoms with Gasteiger partial charge in [-0.15, -0.1) is 28.3 Å². The zero-order chi connectivity index (χ0) is 17.8. The molecule has 0 spiro atoms. The maximum absolute atomic E-state index is 8.95. The van der Waals surface area contributed by atoms with Gasteiger partial charge < -0.3 is 5.21 Å². The normalized spacial score (nSPS) is 10.5. The molecule has 0 aliphatic heterocycles. The monoisotopic (exact) mass is 362 g/mol. The van der Waals surface area contributed by atoms with E-state index in [9.17, 15) is 0 Å². The van der Waals surface area contributed by atoms with Crippen LogP contribution in [0.3, 0.4) is 0 Å². The number of hydrogen-bond acceptors (Lipinski definition) is 4. The first kappa shape index (κ1) is 22.0. The molecule has 1 aromatic carbocycles. The number of rotatable bonds is 4. The second-order valence-electron chi connectivity index (χ2n) is 5.36. The van der Waals surface area contributed by atoms with Crippen LogP contribution in [0.4, 0.5) is 0 Å². The maximum Gasteiger partial charge on any atom is 0.130 e. The zero-order valence-electron chi connectivity index (χ0n) is 14.6. The zero-order valence-corrected chi connectivity index (χ0v) is 16.1. The van der Waals surface area contributed by atoms with Gasteiger partial charge in [0.15, 0.2) is 0 Å². The fourth-order valence-electron chi connectivity index (χ4n) is 2.18. The first-order valence-corrected chi connectivity index (χ1v) is 8.83. The van der Waals surface area contributed by atoms with E-state index in [1.54, 1.807) is 12.1 Å². The van der Waals surface area contributed by atoms with E-state index in [-0.39, 0.29) is 0 Å². The number of halogens is 2. The Labute approximate surface area is 149 Å². The molecule has 0 saturated heterocycles. The van der Waals surface area contributed by atoms with Crippen molar-refractivity contribution >= 4 is 34.2 Å². The van der Waals surface area contributed by atoms with Crippen LogP contribution in [0, 0.1) is 0 Å². The fourth-order valence-corrected chi connectivity index (χ4v) is 2.18. The van der Waals surface area contributed by atoms with Gasteiger partial charge in [0.05, 0.1) is 0 Å². The van der Waals surface area contributed by atoms with Crippen molar-refractivity contribution in [3.05, 3.63) is 24.3 Å². The number of para-hydroxylation sites is 1. The summed E-state index contributed by atoms with van der Waals surface area (Å²) in [7, 11) is 0. The lowest BCUT2D eigenvalue weighted by Gasteiger charge is -2.28. The number of fused-ring (bicyclic) bond motifs is 1. The van der Waals surface area contributed by atoms with E-state index in [4.69, 9.17) is 28.4 Å². The third-order valence-electron chi connectivity index (χ3n) is 3.10. The summed E-state index contributed by atoms with van der Waals surface area (Å²) < 4.78 is 0. The molecule has 0 amide bonds. The Morgan fingerprint density at radius 1 is 1.09 bits per heavy atom. The molecule has 23 heavy (non-hydrogen) atoms. The lowest BCUT2D eigenvalue weighted by molar-refractivity contribution is 0.155. The number of aromatic nitrogens is 3. The van der Waals surface area contributed by atoms with E-state index in [0.29, 0.717) is 34.9 Å². The summed E-state index contributed by atoms with van der Waals surface area (Å²) in [6.07, 6.45) is 0. The first-order chi connectivity index (χ1) is 10.9. The van der Waals surface area contributed by atoms with Crippen LogP contribution in [0.15, 0.2) is 24.3 Å². The number of nitrogens with zero attached hydrogens (tertiary/aromatic N) is 4. The van der Waals surface area contributed by atoms with E-state index < -0.39 is 0 Å². The smallest absolute Gasteiger partial charge is 0.130 e. The average molecular weight is 363 g/mol. The molecule has 0 aliphatic rings. The molecular weight excluding hydrogens is 335 g/mol. The fraction of sp³-hybridized carbons (Fsp3) is 0.625. The largest absolute Gasteiger partial charge is 0.410 e. The van der Waals surface area contributed by atoms with Gasteiger partial charge in [0.25, 0.3) is 0 Å². The van der Waals surface area contributed by atoms with Gasteiger partial charge in [0.2, 0.25) is 0 Å². The van der Waals surface area contributed by atoms with E-state index >= 15 is 0 Å². The molecule has 1 aromatic heterocycles. The van der Waals surface area contributed by atoms with Crippen LogP contribution < -0.4 is 0 Å². The summed E-state index contributed by atoms with van der Waals surface area (Å²) in [5.74, 6) is 1.11. The van der Waals surface area contributed by atoms with Crippen molar-refractivity contribution < 1.29 is 5.21 Å². The van der Waals surface area contributed by atoms with Gasteiger partial charge in [-0.2, -0.15) is 0 Å². The Balaban J connectivity index is 0.000000347. The summed E-state index contributed by atoms with van der Waals surface area (Å²) in [6.45, 7) is 12.3. The number of benzene rings is 1. The molecule has 5 nitrogen and oxygen atoms in total. The number of hydrogen-bond donors (Lipinski definition) is 1. The Morgan fingerprint density at radius 2 is 1.61 bits per heavy atom. The minimum Gasteiger partial charge on any atom is -0.410 e. The van der Waals surface area contributed by atoms with Crippen LogP contribution in [0.25, 0.3) is 11.0 Å². The highest BCUT2D eigenvalue weighted by atomic mass is 35.5. The van der Waals surface area contributed by atoms with Crippen molar-refractivity contribution in [2.75, 3.05) is 18.3 Å². The van der Waals surface area contributed by atoms with Crippen LogP contribution in [-0.4, -0.2) is 55.7 Å². The molecule has 0 radical (unpaired) electrons. The first-order valence-electron chi connectivity index (χ1n) is 7.76. The van der Waals surface area contributed by atoms with Crippen molar-refractivity contribution in [1.29, 1.82) is 0 Å². The topological polar surface area (TPSA) is 54.2 Å². The second kappa shape index (κ2) is 12.4. The van der Waals surface area contributed by atoms with Crippen LogP contribution >= 0.6 is 23.2 Å². The standard InChI is InChI=1S/C8H19N.C6H5N3O.C2H4Cl2/c1-6-9(7(2)3)8(4)5;10-9-6-4-2-1-3-5(6)7-8-9;3-1-2-4/h7-8H,6H2,1-5H3;1-4,10H;1-2H2. The molecule has 2 aromatic rings. The summed E-state index contributed by atoms with van der Waals surface area (Å²) in [6, 6.07) is 8.57.